The number of carbonyl (C=O) groups excluding carboxylic acids is 1. The summed E-state index contributed by atoms with van der Waals surface area (Å²) >= 11 is 0. The van der Waals surface area contributed by atoms with Crippen molar-refractivity contribution in [2.24, 2.45) is 0 Å². The van der Waals surface area contributed by atoms with Crippen molar-refractivity contribution in [3.63, 3.8) is 0 Å². The van der Waals surface area contributed by atoms with Crippen molar-refractivity contribution in [3.8, 4) is 5.75 Å². The van der Waals surface area contributed by atoms with Crippen molar-refractivity contribution in [1.29, 1.82) is 0 Å². The lowest BCUT2D eigenvalue weighted by atomic mass is 10.3. The van der Waals surface area contributed by atoms with Crippen LogP contribution in [0.2, 0.25) is 0 Å². The summed E-state index contributed by atoms with van der Waals surface area (Å²) < 4.78 is 59.1. The van der Waals surface area contributed by atoms with Crippen LogP contribution in [0.4, 0.5) is 20.2 Å². The Bertz CT molecular complexity index is 1130. The first kappa shape index (κ1) is 22.2. The van der Waals surface area contributed by atoms with Crippen LogP contribution < -0.4 is 14.4 Å². The van der Waals surface area contributed by atoms with Gasteiger partial charge in [0, 0.05) is 5.69 Å². The lowest BCUT2D eigenvalue weighted by Crippen LogP contribution is -2.38. The summed E-state index contributed by atoms with van der Waals surface area (Å²) in [4.78, 5) is 12.4. The molecule has 0 spiro atoms. The summed E-state index contributed by atoms with van der Waals surface area (Å²) in [5.74, 6) is -1.14. The highest BCUT2D eigenvalue weighted by Gasteiger charge is 2.27. The molecule has 0 saturated heterocycles. The highest BCUT2D eigenvalue weighted by atomic mass is 32.2. The van der Waals surface area contributed by atoms with Crippen molar-refractivity contribution in [2.45, 2.75) is 11.8 Å². The van der Waals surface area contributed by atoms with Gasteiger partial charge in [-0.3, -0.25) is 9.10 Å². The number of hydrogen-bond acceptors (Lipinski definition) is 4. The van der Waals surface area contributed by atoms with Gasteiger partial charge in [-0.15, -0.1) is 0 Å². The van der Waals surface area contributed by atoms with E-state index in [-0.39, 0.29) is 10.6 Å². The van der Waals surface area contributed by atoms with Crippen LogP contribution in [-0.4, -0.2) is 27.5 Å². The van der Waals surface area contributed by atoms with Gasteiger partial charge in [-0.25, -0.2) is 17.2 Å². The fourth-order valence-corrected chi connectivity index (χ4v) is 4.21. The van der Waals surface area contributed by atoms with Crippen LogP contribution in [0.15, 0.2) is 77.7 Å². The first-order valence-corrected chi connectivity index (χ1v) is 10.8. The molecule has 162 valence electrons. The van der Waals surface area contributed by atoms with E-state index < -0.39 is 34.1 Å². The topological polar surface area (TPSA) is 75.7 Å². The molecule has 9 heteroatoms. The van der Waals surface area contributed by atoms with Crippen LogP contribution in [0, 0.1) is 11.6 Å². The average molecular weight is 446 g/mol. The van der Waals surface area contributed by atoms with E-state index in [1.54, 1.807) is 12.1 Å². The molecule has 0 aromatic heterocycles. The molecular formula is C22H20F2N2O4S. The van der Waals surface area contributed by atoms with E-state index in [2.05, 4.69) is 5.32 Å². The maximum Gasteiger partial charge on any atom is 0.264 e. The summed E-state index contributed by atoms with van der Waals surface area (Å²) in [5, 5.41) is 2.54. The molecule has 0 aliphatic heterocycles. The minimum atomic E-state index is -4.19. The van der Waals surface area contributed by atoms with Gasteiger partial charge >= 0.3 is 0 Å². The van der Waals surface area contributed by atoms with Gasteiger partial charge in [-0.05, 0) is 79.7 Å². The maximum absolute atomic E-state index is 13.3. The number of rotatable bonds is 8. The summed E-state index contributed by atoms with van der Waals surface area (Å²) in [7, 11) is -4.19. The van der Waals surface area contributed by atoms with Crippen LogP contribution in [0.25, 0.3) is 0 Å². The first-order valence-electron chi connectivity index (χ1n) is 9.36. The molecule has 0 unspecified atom stereocenters. The predicted molar refractivity (Wildman–Crippen MR) is 114 cm³/mol. The second-order valence-electron chi connectivity index (χ2n) is 6.45. The molecular weight excluding hydrogens is 426 g/mol. The van der Waals surface area contributed by atoms with Gasteiger partial charge in [0.25, 0.3) is 10.0 Å². The Kier molecular flexibility index (Phi) is 6.86. The number of halogens is 2. The molecule has 6 nitrogen and oxygen atoms in total. The van der Waals surface area contributed by atoms with Gasteiger partial charge in [-0.1, -0.05) is 0 Å². The van der Waals surface area contributed by atoms with E-state index in [0.29, 0.717) is 18.0 Å². The molecule has 0 fully saturated rings. The third-order valence-electron chi connectivity index (χ3n) is 4.25. The van der Waals surface area contributed by atoms with Crippen LogP contribution in [0.3, 0.4) is 0 Å². The second-order valence-corrected chi connectivity index (χ2v) is 8.31. The van der Waals surface area contributed by atoms with Gasteiger partial charge in [0.2, 0.25) is 5.91 Å². The number of nitrogens with zero attached hydrogens (tertiary/aromatic N) is 1. The lowest BCUT2D eigenvalue weighted by Gasteiger charge is -2.24. The van der Waals surface area contributed by atoms with Crippen LogP contribution in [0.5, 0.6) is 5.75 Å². The van der Waals surface area contributed by atoms with Gasteiger partial charge < -0.3 is 10.1 Å². The van der Waals surface area contributed by atoms with Crippen LogP contribution in [-0.2, 0) is 14.8 Å². The molecule has 3 aromatic rings. The van der Waals surface area contributed by atoms with E-state index in [0.717, 1.165) is 28.6 Å². The fourth-order valence-electron chi connectivity index (χ4n) is 2.79. The van der Waals surface area contributed by atoms with Gasteiger partial charge in [-0.2, -0.15) is 0 Å². The summed E-state index contributed by atoms with van der Waals surface area (Å²) in [6.45, 7) is 1.71. The molecule has 1 amide bonds. The van der Waals surface area contributed by atoms with E-state index in [1.165, 1.54) is 36.4 Å². The van der Waals surface area contributed by atoms with Crippen molar-refractivity contribution in [1.82, 2.24) is 0 Å². The number of nitrogens with one attached hydrogen (secondary N) is 1. The quantitative estimate of drug-likeness (QED) is 0.563. The number of benzene rings is 3. The normalized spacial score (nSPS) is 11.1. The van der Waals surface area contributed by atoms with Crippen molar-refractivity contribution in [2.75, 3.05) is 22.8 Å². The van der Waals surface area contributed by atoms with Crippen LogP contribution >= 0.6 is 0 Å². The predicted octanol–water partition coefficient (Wildman–Crippen LogP) is 4.20. The summed E-state index contributed by atoms with van der Waals surface area (Å²) in [5.41, 5.74) is 0.541. The van der Waals surface area contributed by atoms with E-state index in [9.17, 15) is 22.0 Å². The van der Waals surface area contributed by atoms with Crippen molar-refractivity contribution in [3.05, 3.63) is 84.4 Å². The van der Waals surface area contributed by atoms with E-state index in [1.807, 2.05) is 6.92 Å². The number of anilines is 2. The molecule has 31 heavy (non-hydrogen) atoms. The Hall–Kier alpha value is -3.46. The number of ether oxygens (including phenoxy) is 1. The molecule has 0 saturated carbocycles. The fraction of sp³-hybridized carbons (Fsp3) is 0.136. The largest absolute Gasteiger partial charge is 0.494 e. The lowest BCUT2D eigenvalue weighted by molar-refractivity contribution is -0.114. The molecule has 0 heterocycles. The second kappa shape index (κ2) is 9.57. The van der Waals surface area contributed by atoms with Gasteiger partial charge in [0.05, 0.1) is 17.2 Å². The van der Waals surface area contributed by atoms with Crippen LogP contribution in [0.1, 0.15) is 6.92 Å². The zero-order chi connectivity index (χ0) is 22.4. The SMILES string of the molecule is CCOc1ccc(N(CC(=O)Nc2ccc(F)cc2)S(=O)(=O)c2ccc(F)cc2)cc1. The monoisotopic (exact) mass is 446 g/mol. The Morgan fingerprint density at radius 1 is 0.903 bits per heavy atom. The molecule has 0 bridgehead atoms. The zero-order valence-electron chi connectivity index (χ0n) is 16.6. The molecule has 3 rings (SSSR count). The smallest absolute Gasteiger partial charge is 0.264 e. The number of amides is 1. The molecule has 0 radical (unpaired) electrons. The zero-order valence-corrected chi connectivity index (χ0v) is 17.4. The maximum atomic E-state index is 13.3. The Labute approximate surface area is 179 Å². The molecule has 0 aliphatic rings. The van der Waals surface area contributed by atoms with E-state index in [4.69, 9.17) is 4.74 Å². The first-order chi connectivity index (χ1) is 14.8. The van der Waals surface area contributed by atoms with Gasteiger partial charge in [0.1, 0.15) is 23.9 Å². The number of sulfonamides is 1. The van der Waals surface area contributed by atoms with Crippen molar-refractivity contribution < 1.29 is 26.7 Å². The van der Waals surface area contributed by atoms with E-state index >= 15 is 0 Å². The summed E-state index contributed by atoms with van der Waals surface area (Å²) in [6.07, 6.45) is 0. The third-order valence-corrected chi connectivity index (χ3v) is 6.04. The minimum Gasteiger partial charge on any atom is -0.494 e. The average Bonchev–Trinajstić information content (AvgIpc) is 2.75. The molecule has 3 aromatic carbocycles. The number of carbonyl (C=O) groups is 1. The van der Waals surface area contributed by atoms with Gasteiger partial charge in [0.15, 0.2) is 0 Å². The highest BCUT2D eigenvalue weighted by Crippen LogP contribution is 2.26. The summed E-state index contributed by atoms with van der Waals surface area (Å²) in [6, 6.07) is 15.6. The molecule has 1 N–H and O–H groups in total. The Morgan fingerprint density at radius 3 is 2.00 bits per heavy atom. The molecule has 0 aliphatic carbocycles. The minimum absolute atomic E-state index is 0.169. The Morgan fingerprint density at radius 2 is 1.45 bits per heavy atom. The Balaban J connectivity index is 1.92. The van der Waals surface area contributed by atoms with Crippen molar-refractivity contribution >= 4 is 27.3 Å². The highest BCUT2D eigenvalue weighted by molar-refractivity contribution is 7.92. The molecule has 0 atom stereocenters. The standard InChI is InChI=1S/C22H20F2N2O4S/c1-2-30-20-11-9-19(10-12-20)26(31(28,29)21-13-5-17(24)6-14-21)15-22(27)25-18-7-3-16(23)4-8-18/h3-14H,2,15H2,1H3,(H,25,27). The third kappa shape index (κ3) is 5.58. The number of hydrogen-bond donors (Lipinski definition) is 1.